The molecule has 1 heterocycles. The molecular formula is C27H36O11. The molecule has 0 bridgehead atoms. The van der Waals surface area contributed by atoms with E-state index in [4.69, 9.17) is 9.47 Å². The van der Waals surface area contributed by atoms with Gasteiger partial charge in [-0.05, 0) is 55.4 Å². The molecule has 210 valence electrons. The molecule has 4 aliphatic carbocycles. The Morgan fingerprint density at radius 1 is 1.05 bits per heavy atom. The molecule has 1 aliphatic heterocycles. The number of ether oxygens (including phenoxy) is 2. The van der Waals surface area contributed by atoms with E-state index in [2.05, 4.69) is 6.92 Å². The fourth-order valence-electron chi connectivity index (χ4n) is 8.31. The van der Waals surface area contributed by atoms with Gasteiger partial charge in [-0.2, -0.15) is 0 Å². The lowest BCUT2D eigenvalue weighted by atomic mass is 9.46. The second-order valence-corrected chi connectivity index (χ2v) is 12.3. The van der Waals surface area contributed by atoms with Gasteiger partial charge in [-0.1, -0.05) is 19.4 Å². The van der Waals surface area contributed by atoms with Gasteiger partial charge in [0.2, 0.25) is 0 Å². The topological polar surface area (TPSA) is 188 Å². The molecule has 11 atom stereocenters. The Morgan fingerprint density at radius 2 is 1.76 bits per heavy atom. The number of Topliss-reactive ketones (excluding diaryl/α,β-unsaturated/α-hetero) is 2. The Hall–Kier alpha value is -2.02. The number of rotatable bonds is 5. The van der Waals surface area contributed by atoms with Crippen molar-refractivity contribution in [2.75, 3.05) is 6.61 Å². The minimum Gasteiger partial charge on any atom is -0.479 e. The predicted octanol–water partition coefficient (Wildman–Crippen LogP) is -0.0937. The van der Waals surface area contributed by atoms with Crippen molar-refractivity contribution < 1.29 is 54.2 Å². The molecule has 11 heteroatoms. The number of aliphatic hydroxyl groups is 4. The lowest BCUT2D eigenvalue weighted by molar-refractivity contribution is -0.293. The number of hydrogen-bond acceptors (Lipinski definition) is 10. The van der Waals surface area contributed by atoms with E-state index in [0.717, 1.165) is 5.57 Å². The van der Waals surface area contributed by atoms with E-state index < -0.39 is 65.5 Å². The van der Waals surface area contributed by atoms with Crippen LogP contribution in [0.1, 0.15) is 58.8 Å². The summed E-state index contributed by atoms with van der Waals surface area (Å²) in [5, 5.41) is 51.0. The van der Waals surface area contributed by atoms with Crippen LogP contribution in [-0.2, 0) is 28.7 Å². The molecule has 5 rings (SSSR count). The highest BCUT2D eigenvalue weighted by atomic mass is 16.7. The first kappa shape index (κ1) is 27.5. The summed E-state index contributed by atoms with van der Waals surface area (Å²) in [4.78, 5) is 50.5. The normalized spacial score (nSPS) is 48.5. The number of aliphatic carboxylic acids is 1. The molecule has 0 unspecified atom stereocenters. The molecule has 0 amide bonds. The number of fused-ring (bicyclic) bond motifs is 5. The van der Waals surface area contributed by atoms with E-state index in [-0.39, 0.29) is 42.2 Å². The Kier molecular flexibility index (Phi) is 6.72. The zero-order chi connectivity index (χ0) is 27.8. The van der Waals surface area contributed by atoms with E-state index in [1.54, 1.807) is 13.0 Å². The Morgan fingerprint density at radius 3 is 2.45 bits per heavy atom. The molecule has 0 aromatic rings. The van der Waals surface area contributed by atoms with Crippen LogP contribution in [0.5, 0.6) is 0 Å². The van der Waals surface area contributed by atoms with Crippen molar-refractivity contribution in [1.82, 2.24) is 0 Å². The number of allylic oxidation sites excluding steroid dienone is 1. The van der Waals surface area contributed by atoms with Crippen LogP contribution >= 0.6 is 0 Å². The number of ketones is 3. The van der Waals surface area contributed by atoms with Crippen molar-refractivity contribution in [3.05, 3.63) is 11.6 Å². The van der Waals surface area contributed by atoms with Gasteiger partial charge in [-0.3, -0.25) is 14.4 Å². The van der Waals surface area contributed by atoms with Gasteiger partial charge in [0.15, 0.2) is 24.0 Å². The smallest absolute Gasteiger partial charge is 0.335 e. The van der Waals surface area contributed by atoms with E-state index in [0.29, 0.717) is 32.1 Å². The number of hydrogen-bond donors (Lipinski definition) is 5. The predicted molar refractivity (Wildman–Crippen MR) is 127 cm³/mol. The molecule has 38 heavy (non-hydrogen) atoms. The molecular weight excluding hydrogens is 500 g/mol. The second-order valence-electron chi connectivity index (χ2n) is 12.3. The lowest BCUT2D eigenvalue weighted by Gasteiger charge is -2.57. The van der Waals surface area contributed by atoms with Crippen LogP contribution in [0.3, 0.4) is 0 Å². The molecule has 0 radical (unpaired) electrons. The van der Waals surface area contributed by atoms with Crippen LogP contribution < -0.4 is 0 Å². The highest BCUT2D eigenvalue weighted by Crippen LogP contribution is 2.66. The first-order chi connectivity index (χ1) is 17.7. The third-order valence-electron chi connectivity index (χ3n) is 10.5. The first-order valence-corrected chi connectivity index (χ1v) is 13.3. The van der Waals surface area contributed by atoms with Crippen LogP contribution in [-0.4, -0.2) is 91.8 Å². The molecule has 3 saturated carbocycles. The van der Waals surface area contributed by atoms with Gasteiger partial charge in [-0.15, -0.1) is 0 Å². The molecule has 0 aromatic heterocycles. The van der Waals surface area contributed by atoms with Crippen LogP contribution in [0, 0.1) is 28.6 Å². The summed E-state index contributed by atoms with van der Waals surface area (Å²) in [5.41, 5.74) is -2.30. The third-order valence-corrected chi connectivity index (χ3v) is 10.5. The van der Waals surface area contributed by atoms with Gasteiger partial charge in [-0.25, -0.2) is 4.79 Å². The zero-order valence-corrected chi connectivity index (χ0v) is 21.5. The van der Waals surface area contributed by atoms with Crippen LogP contribution in [0.2, 0.25) is 0 Å². The minimum absolute atomic E-state index is 0.00639. The molecule has 4 fully saturated rings. The minimum atomic E-state index is -1.90. The average molecular weight is 537 g/mol. The van der Waals surface area contributed by atoms with Crippen molar-refractivity contribution in [3.8, 4) is 0 Å². The van der Waals surface area contributed by atoms with Crippen LogP contribution in [0.4, 0.5) is 0 Å². The van der Waals surface area contributed by atoms with Crippen LogP contribution in [0.25, 0.3) is 0 Å². The van der Waals surface area contributed by atoms with Crippen LogP contribution in [0.15, 0.2) is 11.6 Å². The Bertz CT molecular complexity index is 1080. The van der Waals surface area contributed by atoms with E-state index in [9.17, 15) is 44.7 Å². The second kappa shape index (κ2) is 9.28. The standard InChI is InChI=1S/C27H36O11/c1-25-7-5-13(28)9-12(25)3-4-14-15-6-8-27(36,26(15,2)10-16(29)18(14)25)17(30)11-37-24-21(33)19(31)20(32)22(38-24)23(34)35/h9,14-15,18-22,24,31-33,36H,3-8,10-11H2,1-2H3,(H,34,35)/t14-,15-,18+,19+,20-,21+,22+,24-,25-,26-,27-/m0/s1. The Balaban J connectivity index is 1.34. The number of aliphatic hydroxyl groups excluding tert-OH is 3. The fraction of sp³-hybridized carbons (Fsp3) is 0.778. The van der Waals surface area contributed by atoms with Gasteiger partial charge in [0, 0.05) is 24.2 Å². The molecule has 1 saturated heterocycles. The third kappa shape index (κ3) is 3.85. The van der Waals surface area contributed by atoms with Gasteiger partial charge < -0.3 is 35.0 Å². The molecule has 0 spiro atoms. The molecule has 5 aliphatic rings. The summed E-state index contributed by atoms with van der Waals surface area (Å²) >= 11 is 0. The number of carboxylic acid groups (broad SMARTS) is 1. The Labute approximate surface area is 219 Å². The van der Waals surface area contributed by atoms with Crippen molar-refractivity contribution in [2.24, 2.45) is 28.6 Å². The fourth-order valence-corrected chi connectivity index (χ4v) is 8.31. The lowest BCUT2D eigenvalue weighted by Crippen LogP contribution is -2.62. The molecule has 0 aromatic carbocycles. The first-order valence-electron chi connectivity index (χ1n) is 13.3. The monoisotopic (exact) mass is 536 g/mol. The summed E-state index contributed by atoms with van der Waals surface area (Å²) in [6, 6.07) is 0. The molecule has 11 nitrogen and oxygen atoms in total. The average Bonchev–Trinajstić information content (AvgIpc) is 3.13. The van der Waals surface area contributed by atoms with Crippen molar-refractivity contribution in [2.45, 2.75) is 95.1 Å². The van der Waals surface area contributed by atoms with Crippen molar-refractivity contribution in [3.63, 3.8) is 0 Å². The maximum Gasteiger partial charge on any atom is 0.335 e. The van der Waals surface area contributed by atoms with Gasteiger partial charge in [0.05, 0.1) is 0 Å². The maximum absolute atomic E-state index is 13.7. The summed E-state index contributed by atoms with van der Waals surface area (Å²) in [5.74, 6) is -2.62. The van der Waals surface area contributed by atoms with Crippen molar-refractivity contribution in [1.29, 1.82) is 0 Å². The quantitative estimate of drug-likeness (QED) is 0.316. The number of carboxylic acids is 1. The van der Waals surface area contributed by atoms with E-state index in [1.807, 2.05) is 0 Å². The molecule has 5 N–H and O–H groups in total. The number of carbonyl (C=O) groups excluding carboxylic acids is 3. The summed E-state index contributed by atoms with van der Waals surface area (Å²) < 4.78 is 10.4. The number of carbonyl (C=O) groups is 4. The summed E-state index contributed by atoms with van der Waals surface area (Å²) in [6.45, 7) is 3.08. The van der Waals surface area contributed by atoms with Crippen molar-refractivity contribution >= 4 is 23.3 Å². The van der Waals surface area contributed by atoms with E-state index >= 15 is 0 Å². The maximum atomic E-state index is 13.7. The van der Waals surface area contributed by atoms with Gasteiger partial charge in [0.25, 0.3) is 0 Å². The summed E-state index contributed by atoms with van der Waals surface area (Å²) in [7, 11) is 0. The van der Waals surface area contributed by atoms with Gasteiger partial charge >= 0.3 is 5.97 Å². The highest BCUT2D eigenvalue weighted by molar-refractivity contribution is 5.94. The van der Waals surface area contributed by atoms with Gasteiger partial charge in [0.1, 0.15) is 36.3 Å². The van der Waals surface area contributed by atoms with E-state index in [1.165, 1.54) is 0 Å². The largest absolute Gasteiger partial charge is 0.479 e. The SMILES string of the molecule is C[C@]12CCC(=O)C=C1CC[C@@H]1[C@@H]2C(=O)C[C@@]2(C)[C@H]1CC[C@]2(O)C(=O)CO[C@H]1O[C@@H](C(=O)O)[C@@H](O)[C@@H](O)[C@H]1O. The highest BCUT2D eigenvalue weighted by Gasteiger charge is 2.68. The summed E-state index contributed by atoms with van der Waals surface area (Å²) in [6.07, 6.45) is -4.39. The zero-order valence-electron chi connectivity index (χ0n) is 21.5.